The summed E-state index contributed by atoms with van der Waals surface area (Å²) in [6, 6.07) is 4.38. The van der Waals surface area contributed by atoms with Crippen LogP contribution in [0, 0.1) is 0 Å². The molecule has 9 heteroatoms. The van der Waals surface area contributed by atoms with Gasteiger partial charge in [0.25, 0.3) is 0 Å². The van der Waals surface area contributed by atoms with Crippen molar-refractivity contribution in [1.29, 1.82) is 0 Å². The number of para-hydroxylation sites is 1. The third-order valence-electron chi connectivity index (χ3n) is 2.23. The average Bonchev–Trinajstić information content (AvgIpc) is 2.25. The van der Waals surface area contributed by atoms with E-state index in [1.54, 1.807) is 6.07 Å². The summed E-state index contributed by atoms with van der Waals surface area (Å²) in [5.41, 5.74) is 2.29. The fourth-order valence-electron chi connectivity index (χ4n) is 1.54. The quantitative estimate of drug-likeness (QED) is 0.569. The first-order valence-corrected chi connectivity index (χ1v) is 6.79. The Labute approximate surface area is 109 Å². The number of hydrazine groups is 1. The smallest absolute Gasteiger partial charge is 0.323 e. The predicted molar refractivity (Wildman–Crippen MR) is 64.7 cm³/mol. The number of benzene rings is 1. The van der Waals surface area contributed by atoms with E-state index in [9.17, 15) is 21.6 Å². The number of rotatable bonds is 5. The summed E-state index contributed by atoms with van der Waals surface area (Å²) in [5, 5.41) is 0. The third-order valence-corrected chi connectivity index (χ3v) is 3.87. The zero-order chi connectivity index (χ0) is 14.7. The van der Waals surface area contributed by atoms with Crippen LogP contribution in [0.25, 0.3) is 0 Å². The number of sulfonamides is 1. The van der Waals surface area contributed by atoms with Crippen molar-refractivity contribution in [3.63, 3.8) is 0 Å². The van der Waals surface area contributed by atoms with Gasteiger partial charge in [-0.25, -0.2) is 13.1 Å². The maximum absolute atomic E-state index is 12.2. The van der Waals surface area contributed by atoms with E-state index in [4.69, 9.17) is 5.84 Å². The summed E-state index contributed by atoms with van der Waals surface area (Å²) >= 11 is 0. The predicted octanol–water partition coefficient (Wildman–Crippen LogP) is 1.59. The van der Waals surface area contributed by atoms with Crippen LogP contribution in [0.1, 0.15) is 13.3 Å². The van der Waals surface area contributed by atoms with Gasteiger partial charge >= 0.3 is 6.18 Å². The molecule has 1 aromatic carbocycles. The maximum atomic E-state index is 12.2. The summed E-state index contributed by atoms with van der Waals surface area (Å²) < 4.78 is 62.3. The van der Waals surface area contributed by atoms with Crippen LogP contribution in [0.2, 0.25) is 0 Å². The molecule has 0 heterocycles. The van der Waals surface area contributed by atoms with Crippen molar-refractivity contribution in [3.05, 3.63) is 24.3 Å². The number of alkyl halides is 3. The number of nitrogen functional groups attached to an aromatic ring is 1. The SMILES string of the molecule is CC(CC(F)(F)F)NS(=O)(=O)c1ccccc1NN. The minimum atomic E-state index is -4.44. The van der Waals surface area contributed by atoms with E-state index in [2.05, 4.69) is 5.43 Å². The van der Waals surface area contributed by atoms with Crippen LogP contribution in [-0.2, 0) is 10.0 Å². The highest BCUT2D eigenvalue weighted by atomic mass is 32.2. The molecule has 1 unspecified atom stereocenters. The van der Waals surface area contributed by atoms with E-state index in [0.717, 1.165) is 6.92 Å². The fourth-order valence-corrected chi connectivity index (χ4v) is 2.95. The van der Waals surface area contributed by atoms with Crippen molar-refractivity contribution in [2.24, 2.45) is 5.84 Å². The van der Waals surface area contributed by atoms with Gasteiger partial charge < -0.3 is 5.43 Å². The second-order valence-corrected chi connectivity index (χ2v) is 5.66. The van der Waals surface area contributed by atoms with Crippen LogP contribution in [0.4, 0.5) is 18.9 Å². The number of hydrogen-bond acceptors (Lipinski definition) is 4. The third kappa shape index (κ3) is 4.69. The molecule has 4 N–H and O–H groups in total. The highest BCUT2D eigenvalue weighted by Crippen LogP contribution is 2.24. The number of anilines is 1. The van der Waals surface area contributed by atoms with Gasteiger partial charge in [-0.1, -0.05) is 12.1 Å². The van der Waals surface area contributed by atoms with Gasteiger partial charge in [-0.2, -0.15) is 13.2 Å². The summed E-state index contributed by atoms with van der Waals surface area (Å²) in [7, 11) is -4.07. The van der Waals surface area contributed by atoms with E-state index in [-0.39, 0.29) is 10.6 Å². The minimum Gasteiger partial charge on any atom is -0.323 e. The van der Waals surface area contributed by atoms with Crippen LogP contribution in [0.3, 0.4) is 0 Å². The molecule has 1 rings (SSSR count). The Bertz CT molecular complexity index is 531. The lowest BCUT2D eigenvalue weighted by Gasteiger charge is -2.17. The molecule has 0 aliphatic carbocycles. The van der Waals surface area contributed by atoms with E-state index in [1.165, 1.54) is 18.2 Å². The zero-order valence-corrected chi connectivity index (χ0v) is 10.8. The lowest BCUT2D eigenvalue weighted by molar-refractivity contribution is -0.137. The molecule has 108 valence electrons. The molecule has 0 aliphatic rings. The van der Waals surface area contributed by atoms with Gasteiger partial charge in [0.15, 0.2) is 0 Å². The average molecular weight is 297 g/mol. The molecule has 0 fully saturated rings. The first-order chi connectivity index (χ1) is 8.65. The standard InChI is InChI=1S/C10H14F3N3O2S/c1-7(6-10(11,12)13)16-19(17,18)9-5-3-2-4-8(9)15-14/h2-5,7,15-16H,6,14H2,1H3. The monoisotopic (exact) mass is 297 g/mol. The van der Waals surface area contributed by atoms with Crippen molar-refractivity contribution in [3.8, 4) is 0 Å². The largest absolute Gasteiger partial charge is 0.390 e. The van der Waals surface area contributed by atoms with E-state index in [0.29, 0.717) is 0 Å². The Balaban J connectivity index is 2.93. The van der Waals surface area contributed by atoms with E-state index >= 15 is 0 Å². The van der Waals surface area contributed by atoms with Gasteiger partial charge in [0.2, 0.25) is 10.0 Å². The molecule has 0 radical (unpaired) electrons. The Kier molecular flexibility index (Phi) is 4.77. The van der Waals surface area contributed by atoms with Crippen LogP contribution >= 0.6 is 0 Å². The van der Waals surface area contributed by atoms with Crippen LogP contribution < -0.4 is 16.0 Å². The molecule has 0 aromatic heterocycles. The molecule has 0 aliphatic heterocycles. The lowest BCUT2D eigenvalue weighted by Crippen LogP contribution is -2.36. The Morgan fingerprint density at radius 3 is 2.42 bits per heavy atom. The molecule has 1 aromatic rings. The first kappa shape index (κ1) is 15.7. The fraction of sp³-hybridized carbons (Fsp3) is 0.400. The van der Waals surface area contributed by atoms with Gasteiger partial charge in [0.05, 0.1) is 12.1 Å². The van der Waals surface area contributed by atoms with E-state index < -0.39 is 28.7 Å². The van der Waals surface area contributed by atoms with Gasteiger partial charge in [0.1, 0.15) is 4.90 Å². The number of halogens is 3. The molecule has 1 atom stereocenters. The normalized spacial score (nSPS) is 14.2. The Morgan fingerprint density at radius 2 is 1.89 bits per heavy atom. The van der Waals surface area contributed by atoms with Crippen molar-refractivity contribution >= 4 is 15.7 Å². The lowest BCUT2D eigenvalue weighted by atomic mass is 10.2. The minimum absolute atomic E-state index is 0.106. The molecule has 0 saturated carbocycles. The van der Waals surface area contributed by atoms with Crippen molar-refractivity contribution < 1.29 is 21.6 Å². The van der Waals surface area contributed by atoms with Gasteiger partial charge in [-0.15, -0.1) is 0 Å². The van der Waals surface area contributed by atoms with E-state index in [1.807, 2.05) is 4.72 Å². The number of hydrogen-bond donors (Lipinski definition) is 3. The molecule has 5 nitrogen and oxygen atoms in total. The molecule has 0 bridgehead atoms. The highest BCUT2D eigenvalue weighted by Gasteiger charge is 2.32. The van der Waals surface area contributed by atoms with Crippen molar-refractivity contribution in [2.75, 3.05) is 5.43 Å². The highest BCUT2D eigenvalue weighted by molar-refractivity contribution is 7.89. The van der Waals surface area contributed by atoms with Crippen molar-refractivity contribution in [1.82, 2.24) is 4.72 Å². The molecule has 0 amide bonds. The number of nitrogens with two attached hydrogens (primary N) is 1. The molecule has 19 heavy (non-hydrogen) atoms. The molecular weight excluding hydrogens is 283 g/mol. The topological polar surface area (TPSA) is 84.2 Å². The molecule has 0 saturated heterocycles. The summed E-state index contributed by atoms with van der Waals surface area (Å²) in [6.45, 7) is 1.14. The summed E-state index contributed by atoms with van der Waals surface area (Å²) in [5.74, 6) is 5.16. The molecule has 0 spiro atoms. The zero-order valence-electron chi connectivity index (χ0n) is 10.0. The van der Waals surface area contributed by atoms with Gasteiger partial charge in [-0.3, -0.25) is 5.84 Å². The van der Waals surface area contributed by atoms with Crippen LogP contribution in [0.15, 0.2) is 29.2 Å². The Morgan fingerprint density at radius 1 is 1.32 bits per heavy atom. The number of nitrogens with one attached hydrogen (secondary N) is 2. The summed E-state index contributed by atoms with van der Waals surface area (Å²) in [6.07, 6.45) is -5.68. The second kappa shape index (κ2) is 5.76. The molecular formula is C10H14F3N3O2S. The maximum Gasteiger partial charge on any atom is 0.390 e. The van der Waals surface area contributed by atoms with Gasteiger partial charge in [0, 0.05) is 6.04 Å². The van der Waals surface area contributed by atoms with Crippen LogP contribution in [-0.4, -0.2) is 20.6 Å². The first-order valence-electron chi connectivity index (χ1n) is 5.30. The summed E-state index contributed by atoms with van der Waals surface area (Å²) in [4.78, 5) is -0.202. The Hall–Kier alpha value is -1.32. The van der Waals surface area contributed by atoms with Gasteiger partial charge in [-0.05, 0) is 19.1 Å². The van der Waals surface area contributed by atoms with Crippen LogP contribution in [0.5, 0.6) is 0 Å². The van der Waals surface area contributed by atoms with Crippen molar-refractivity contribution in [2.45, 2.75) is 30.5 Å². The second-order valence-electron chi connectivity index (χ2n) is 3.98.